The van der Waals surface area contributed by atoms with Crippen molar-refractivity contribution in [3.63, 3.8) is 0 Å². The monoisotopic (exact) mass is 519 g/mol. The lowest BCUT2D eigenvalue weighted by atomic mass is 10.2. The summed E-state index contributed by atoms with van der Waals surface area (Å²) in [6.07, 6.45) is 1.49. The van der Waals surface area contributed by atoms with Gasteiger partial charge in [0.05, 0.1) is 17.7 Å². The van der Waals surface area contributed by atoms with Crippen LogP contribution in [0.4, 0.5) is 0 Å². The topological polar surface area (TPSA) is 78.8 Å². The summed E-state index contributed by atoms with van der Waals surface area (Å²) < 4.78 is 28.3. The fraction of sp³-hybridized carbons (Fsp3) is 0.0909. The average Bonchev–Trinajstić information content (AvgIpc) is 2.76. The van der Waals surface area contributed by atoms with Gasteiger partial charge in [-0.3, -0.25) is 4.79 Å². The van der Waals surface area contributed by atoms with Crippen molar-refractivity contribution in [2.24, 2.45) is 5.10 Å². The second-order valence-electron chi connectivity index (χ2n) is 6.56. The zero-order valence-electron chi connectivity index (χ0n) is 16.3. The van der Waals surface area contributed by atoms with Crippen molar-refractivity contribution in [3.05, 3.63) is 99.5 Å². The average molecular weight is 521 g/mol. The van der Waals surface area contributed by atoms with Crippen molar-refractivity contribution < 1.29 is 13.2 Å². The molecular weight excluding hydrogens is 502 g/mol. The van der Waals surface area contributed by atoms with Gasteiger partial charge >= 0.3 is 0 Å². The van der Waals surface area contributed by atoms with Gasteiger partial charge in [-0.2, -0.15) is 9.41 Å². The summed E-state index contributed by atoms with van der Waals surface area (Å²) in [7, 11) is -3.93. The molecule has 31 heavy (non-hydrogen) atoms. The van der Waals surface area contributed by atoms with E-state index in [4.69, 9.17) is 11.6 Å². The van der Waals surface area contributed by atoms with Crippen LogP contribution in [-0.2, 0) is 21.4 Å². The van der Waals surface area contributed by atoms with Crippen molar-refractivity contribution in [2.75, 3.05) is 6.54 Å². The SMILES string of the molecule is O=C(CN(Cc1ccc(Cl)cc1)S(=O)(=O)c1ccc(Br)cc1)N/N=C\c1ccccc1. The Morgan fingerprint density at radius 3 is 2.29 bits per heavy atom. The molecule has 0 saturated heterocycles. The maximum absolute atomic E-state index is 13.2. The molecule has 0 aliphatic heterocycles. The van der Waals surface area contributed by atoms with Crippen molar-refractivity contribution in [1.29, 1.82) is 0 Å². The summed E-state index contributed by atoms with van der Waals surface area (Å²) in [5, 5.41) is 4.45. The molecule has 6 nitrogen and oxygen atoms in total. The normalized spacial score (nSPS) is 11.7. The van der Waals surface area contributed by atoms with Crippen LogP contribution in [0, 0.1) is 0 Å². The van der Waals surface area contributed by atoms with E-state index in [9.17, 15) is 13.2 Å². The fourth-order valence-corrected chi connectivity index (χ4v) is 4.46. The molecule has 1 amide bonds. The smallest absolute Gasteiger partial charge is 0.255 e. The van der Waals surface area contributed by atoms with Crippen molar-refractivity contribution in [1.82, 2.24) is 9.73 Å². The first-order valence-corrected chi connectivity index (χ1v) is 11.8. The number of carbonyl (C=O) groups is 1. The number of amides is 1. The van der Waals surface area contributed by atoms with Crippen molar-refractivity contribution in [3.8, 4) is 0 Å². The van der Waals surface area contributed by atoms with Gasteiger partial charge in [-0.15, -0.1) is 0 Å². The van der Waals surface area contributed by atoms with E-state index in [-0.39, 0.29) is 11.4 Å². The molecule has 0 saturated carbocycles. The fourth-order valence-electron chi connectivity index (χ4n) is 2.69. The van der Waals surface area contributed by atoms with Crippen molar-refractivity contribution in [2.45, 2.75) is 11.4 Å². The van der Waals surface area contributed by atoms with E-state index in [1.807, 2.05) is 30.3 Å². The molecule has 3 aromatic carbocycles. The number of nitrogens with one attached hydrogen (secondary N) is 1. The van der Waals surface area contributed by atoms with Crippen LogP contribution in [-0.4, -0.2) is 31.4 Å². The molecule has 3 aromatic rings. The number of hydrogen-bond donors (Lipinski definition) is 1. The largest absolute Gasteiger partial charge is 0.272 e. The Kier molecular flexibility index (Phi) is 7.97. The number of rotatable bonds is 8. The number of hydrazone groups is 1. The third-order valence-corrected chi connectivity index (χ3v) is 6.83. The van der Waals surface area contributed by atoms with Crippen molar-refractivity contribution >= 4 is 49.7 Å². The number of sulfonamides is 1. The first-order valence-electron chi connectivity index (χ1n) is 9.22. The highest BCUT2D eigenvalue weighted by atomic mass is 79.9. The molecule has 0 atom stereocenters. The minimum Gasteiger partial charge on any atom is -0.272 e. The van der Waals surface area contributed by atoms with Crippen LogP contribution in [0.2, 0.25) is 5.02 Å². The molecule has 0 radical (unpaired) electrons. The Labute approximate surface area is 194 Å². The molecular formula is C22H19BrClN3O3S. The molecule has 0 aliphatic rings. The van der Waals surface area contributed by atoms with E-state index in [1.54, 1.807) is 36.4 Å². The minimum atomic E-state index is -3.93. The highest BCUT2D eigenvalue weighted by molar-refractivity contribution is 9.10. The van der Waals surface area contributed by atoms with Gasteiger partial charge in [-0.1, -0.05) is 70.0 Å². The highest BCUT2D eigenvalue weighted by Crippen LogP contribution is 2.21. The first-order chi connectivity index (χ1) is 14.8. The summed E-state index contributed by atoms with van der Waals surface area (Å²) in [4.78, 5) is 12.5. The van der Waals surface area contributed by atoms with Gasteiger partial charge in [0.1, 0.15) is 0 Å². The predicted octanol–water partition coefficient (Wildman–Crippen LogP) is 4.44. The summed E-state index contributed by atoms with van der Waals surface area (Å²) in [5.41, 5.74) is 3.89. The van der Waals surface area contributed by atoms with Gasteiger partial charge in [0.15, 0.2) is 0 Å². The van der Waals surface area contributed by atoms with Crippen LogP contribution >= 0.6 is 27.5 Å². The zero-order valence-corrected chi connectivity index (χ0v) is 19.4. The lowest BCUT2D eigenvalue weighted by Gasteiger charge is -2.21. The molecule has 3 rings (SSSR count). The van der Waals surface area contributed by atoms with E-state index in [0.717, 1.165) is 14.3 Å². The quantitative estimate of drug-likeness (QED) is 0.352. The number of benzene rings is 3. The van der Waals surface area contributed by atoms with Crippen LogP contribution in [0.15, 0.2) is 93.3 Å². The molecule has 0 unspecified atom stereocenters. The molecule has 0 bridgehead atoms. The van der Waals surface area contributed by atoms with Crippen LogP contribution in [0.3, 0.4) is 0 Å². The maximum Gasteiger partial charge on any atom is 0.255 e. The summed E-state index contributed by atoms with van der Waals surface area (Å²) >= 11 is 9.22. The molecule has 0 aromatic heterocycles. The molecule has 0 heterocycles. The molecule has 0 aliphatic carbocycles. The number of halogens is 2. The number of carbonyl (C=O) groups excluding carboxylic acids is 1. The van der Waals surface area contributed by atoms with E-state index in [1.165, 1.54) is 18.3 Å². The third kappa shape index (κ3) is 6.73. The van der Waals surface area contributed by atoms with Gasteiger partial charge in [-0.25, -0.2) is 13.8 Å². The minimum absolute atomic E-state index is 0.00534. The summed E-state index contributed by atoms with van der Waals surface area (Å²) in [5.74, 6) is -0.554. The summed E-state index contributed by atoms with van der Waals surface area (Å²) in [6.45, 7) is -0.390. The summed E-state index contributed by atoms with van der Waals surface area (Å²) in [6, 6.07) is 22.3. The Morgan fingerprint density at radius 1 is 1.00 bits per heavy atom. The first kappa shape index (κ1) is 23.1. The van der Waals surface area contributed by atoms with Crippen LogP contribution in [0.5, 0.6) is 0 Å². The van der Waals surface area contributed by atoms with Crippen LogP contribution in [0.1, 0.15) is 11.1 Å². The molecule has 160 valence electrons. The van der Waals surface area contributed by atoms with Crippen LogP contribution in [0.25, 0.3) is 0 Å². The molecule has 9 heteroatoms. The van der Waals surface area contributed by atoms with Gasteiger partial charge in [0, 0.05) is 16.0 Å². The van der Waals surface area contributed by atoms with Gasteiger partial charge in [0.25, 0.3) is 5.91 Å². The van der Waals surface area contributed by atoms with E-state index >= 15 is 0 Å². The maximum atomic E-state index is 13.2. The second kappa shape index (κ2) is 10.7. The van der Waals surface area contributed by atoms with Crippen LogP contribution < -0.4 is 5.43 Å². The van der Waals surface area contributed by atoms with E-state index in [0.29, 0.717) is 10.6 Å². The molecule has 0 fully saturated rings. The lowest BCUT2D eigenvalue weighted by Crippen LogP contribution is -2.39. The lowest BCUT2D eigenvalue weighted by molar-refractivity contribution is -0.121. The highest BCUT2D eigenvalue weighted by Gasteiger charge is 2.27. The Bertz CT molecular complexity index is 1150. The second-order valence-corrected chi connectivity index (χ2v) is 9.85. The predicted molar refractivity (Wildman–Crippen MR) is 125 cm³/mol. The number of hydrogen-bond acceptors (Lipinski definition) is 4. The standard InChI is InChI=1S/C22H19BrClN3O3S/c23-19-8-12-21(13-9-19)31(29,30)27(15-18-6-10-20(24)11-7-18)16-22(28)26-25-14-17-4-2-1-3-5-17/h1-14H,15-16H2,(H,26,28)/b25-14-. The van der Waals surface area contributed by atoms with E-state index < -0.39 is 22.5 Å². The zero-order chi connectivity index (χ0) is 22.3. The van der Waals surface area contributed by atoms with Gasteiger partial charge in [0.2, 0.25) is 10.0 Å². The Hall–Kier alpha value is -2.52. The molecule has 1 N–H and O–H groups in total. The molecule has 0 spiro atoms. The van der Waals surface area contributed by atoms with Gasteiger partial charge < -0.3 is 0 Å². The Morgan fingerprint density at radius 2 is 1.65 bits per heavy atom. The Balaban J connectivity index is 1.79. The number of nitrogens with zero attached hydrogens (tertiary/aromatic N) is 2. The van der Waals surface area contributed by atoms with E-state index in [2.05, 4.69) is 26.5 Å². The van der Waals surface area contributed by atoms with Gasteiger partial charge in [-0.05, 0) is 47.5 Å². The third-order valence-electron chi connectivity index (χ3n) is 4.25.